The lowest BCUT2D eigenvalue weighted by Gasteiger charge is -2.27. The maximum atomic E-state index is 5.42. The zero-order chi connectivity index (χ0) is 15.8. The van der Waals surface area contributed by atoms with Crippen LogP contribution in [0.2, 0.25) is 0 Å². The fraction of sp³-hybridized carbons (Fsp3) is 0.412. The van der Waals surface area contributed by atoms with E-state index in [4.69, 9.17) is 9.47 Å². The molecule has 1 fully saturated rings. The Morgan fingerprint density at radius 3 is 2.48 bits per heavy atom. The molecule has 1 aliphatic heterocycles. The number of nitrogens with zero attached hydrogens (tertiary/aromatic N) is 3. The van der Waals surface area contributed by atoms with E-state index in [0.717, 1.165) is 40.8 Å². The quantitative estimate of drug-likeness (QED) is 0.805. The van der Waals surface area contributed by atoms with Crippen LogP contribution in [-0.4, -0.2) is 42.3 Å². The third-order valence-corrected chi connectivity index (χ3v) is 4.52. The summed E-state index contributed by atoms with van der Waals surface area (Å²) in [5.41, 5.74) is 2.90. The van der Waals surface area contributed by atoms with Gasteiger partial charge in [0, 0.05) is 24.5 Å². The molecule has 0 amide bonds. The van der Waals surface area contributed by atoms with Crippen molar-refractivity contribution in [2.24, 2.45) is 0 Å². The number of methoxy groups -OCH3 is 2. The number of H-pyrrole nitrogens is 1. The molecular formula is C17H20N4O2. The lowest BCUT2D eigenvalue weighted by Crippen LogP contribution is -2.30. The van der Waals surface area contributed by atoms with Gasteiger partial charge < -0.3 is 19.4 Å². The summed E-state index contributed by atoms with van der Waals surface area (Å²) in [6, 6.07) is 3.93. The van der Waals surface area contributed by atoms with Crippen molar-refractivity contribution in [3.8, 4) is 11.5 Å². The molecule has 0 unspecified atom stereocenters. The molecule has 0 saturated carbocycles. The van der Waals surface area contributed by atoms with Gasteiger partial charge in [-0.3, -0.25) is 0 Å². The number of aromatic nitrogens is 3. The van der Waals surface area contributed by atoms with E-state index in [-0.39, 0.29) is 0 Å². The molecule has 1 N–H and O–H groups in total. The molecule has 3 heterocycles. The number of rotatable bonds is 3. The predicted molar refractivity (Wildman–Crippen MR) is 90.6 cm³/mol. The molecule has 4 rings (SSSR count). The highest BCUT2D eigenvalue weighted by Crippen LogP contribution is 2.37. The second-order valence-electron chi connectivity index (χ2n) is 5.85. The molecule has 0 radical (unpaired) electrons. The monoisotopic (exact) mass is 312 g/mol. The minimum absolute atomic E-state index is 0.707. The van der Waals surface area contributed by atoms with Gasteiger partial charge in [-0.05, 0) is 25.3 Å². The van der Waals surface area contributed by atoms with Crippen LogP contribution in [0.15, 0.2) is 18.5 Å². The second kappa shape index (κ2) is 5.61. The molecule has 1 saturated heterocycles. The van der Waals surface area contributed by atoms with E-state index < -0.39 is 0 Å². The standard InChI is InChI=1S/C17H20N4O2/c1-22-13-8-11-12(9-14(13)23-2)20-16-15(11)18-10-19-17(16)21-6-4-3-5-7-21/h8-10,20H,3-7H2,1-2H3. The Kier molecular flexibility index (Phi) is 3.44. The third kappa shape index (κ3) is 2.25. The van der Waals surface area contributed by atoms with Crippen LogP contribution in [0.3, 0.4) is 0 Å². The molecule has 0 bridgehead atoms. The summed E-state index contributed by atoms with van der Waals surface area (Å²) in [5.74, 6) is 2.40. The summed E-state index contributed by atoms with van der Waals surface area (Å²) in [7, 11) is 3.29. The summed E-state index contributed by atoms with van der Waals surface area (Å²) < 4.78 is 10.8. The topological polar surface area (TPSA) is 63.3 Å². The van der Waals surface area contributed by atoms with Crippen molar-refractivity contribution >= 4 is 27.8 Å². The SMILES string of the molecule is COc1cc2[nH]c3c(N4CCCCC4)ncnc3c2cc1OC. The maximum Gasteiger partial charge on any atom is 0.162 e. The molecule has 23 heavy (non-hydrogen) atoms. The van der Waals surface area contributed by atoms with Crippen LogP contribution >= 0.6 is 0 Å². The molecule has 0 aliphatic carbocycles. The molecule has 120 valence electrons. The number of fused-ring (bicyclic) bond motifs is 3. The molecular weight excluding hydrogens is 292 g/mol. The summed E-state index contributed by atoms with van der Waals surface area (Å²) in [6.07, 6.45) is 5.38. The van der Waals surface area contributed by atoms with Gasteiger partial charge in [-0.2, -0.15) is 0 Å². The van der Waals surface area contributed by atoms with Crippen molar-refractivity contribution in [2.45, 2.75) is 19.3 Å². The van der Waals surface area contributed by atoms with Crippen LogP contribution < -0.4 is 14.4 Å². The van der Waals surface area contributed by atoms with Gasteiger partial charge in [0.15, 0.2) is 17.3 Å². The maximum absolute atomic E-state index is 5.42. The Labute approximate surface area is 134 Å². The summed E-state index contributed by atoms with van der Waals surface area (Å²) in [4.78, 5) is 14.8. The largest absolute Gasteiger partial charge is 0.493 e. The minimum atomic E-state index is 0.707. The Balaban J connectivity index is 1.93. The highest BCUT2D eigenvalue weighted by molar-refractivity contribution is 6.09. The average molecular weight is 312 g/mol. The van der Waals surface area contributed by atoms with Crippen LogP contribution in [0.4, 0.5) is 5.82 Å². The fourth-order valence-corrected chi connectivity index (χ4v) is 3.35. The van der Waals surface area contributed by atoms with Gasteiger partial charge in [-0.1, -0.05) is 0 Å². The summed E-state index contributed by atoms with van der Waals surface area (Å²) in [6.45, 7) is 2.10. The Bertz CT molecular complexity index is 853. The molecule has 1 aliphatic rings. The zero-order valence-electron chi connectivity index (χ0n) is 13.4. The fourth-order valence-electron chi connectivity index (χ4n) is 3.35. The van der Waals surface area contributed by atoms with Crippen LogP contribution in [0.1, 0.15) is 19.3 Å². The van der Waals surface area contributed by atoms with Crippen molar-refractivity contribution in [1.29, 1.82) is 0 Å². The predicted octanol–water partition coefficient (Wildman–Crippen LogP) is 3.12. The van der Waals surface area contributed by atoms with Crippen LogP contribution in [0.5, 0.6) is 11.5 Å². The summed E-state index contributed by atoms with van der Waals surface area (Å²) in [5, 5.41) is 1.03. The van der Waals surface area contributed by atoms with Crippen molar-refractivity contribution < 1.29 is 9.47 Å². The first kappa shape index (κ1) is 14.1. The van der Waals surface area contributed by atoms with E-state index >= 15 is 0 Å². The Morgan fingerprint density at radius 1 is 1.00 bits per heavy atom. The lowest BCUT2D eigenvalue weighted by atomic mass is 10.1. The van der Waals surface area contributed by atoms with Crippen molar-refractivity contribution in [1.82, 2.24) is 15.0 Å². The summed E-state index contributed by atoms with van der Waals surface area (Å²) >= 11 is 0. The van der Waals surface area contributed by atoms with Gasteiger partial charge in [-0.15, -0.1) is 0 Å². The highest BCUT2D eigenvalue weighted by Gasteiger charge is 2.19. The van der Waals surface area contributed by atoms with Crippen LogP contribution in [0, 0.1) is 0 Å². The van der Waals surface area contributed by atoms with Crippen LogP contribution in [0.25, 0.3) is 21.9 Å². The first-order valence-corrected chi connectivity index (χ1v) is 7.95. The number of anilines is 1. The number of nitrogens with one attached hydrogen (secondary N) is 1. The first-order chi connectivity index (χ1) is 11.3. The molecule has 1 aromatic carbocycles. The van der Waals surface area contributed by atoms with Crippen molar-refractivity contribution in [3.63, 3.8) is 0 Å². The smallest absolute Gasteiger partial charge is 0.162 e. The van der Waals surface area contributed by atoms with Gasteiger partial charge in [0.05, 0.1) is 19.7 Å². The average Bonchev–Trinajstić information content (AvgIpc) is 2.98. The minimum Gasteiger partial charge on any atom is -0.493 e. The van der Waals surface area contributed by atoms with E-state index in [1.54, 1.807) is 20.5 Å². The van der Waals surface area contributed by atoms with Gasteiger partial charge >= 0.3 is 0 Å². The van der Waals surface area contributed by atoms with Crippen molar-refractivity contribution in [3.05, 3.63) is 18.5 Å². The number of hydrogen-bond acceptors (Lipinski definition) is 5. The normalized spacial score (nSPS) is 15.3. The van der Waals surface area contributed by atoms with Gasteiger partial charge in [0.25, 0.3) is 0 Å². The van der Waals surface area contributed by atoms with Gasteiger partial charge in [0.1, 0.15) is 17.4 Å². The van der Waals surface area contributed by atoms with Gasteiger partial charge in [-0.25, -0.2) is 9.97 Å². The number of piperidine rings is 1. The molecule has 6 heteroatoms. The van der Waals surface area contributed by atoms with E-state index in [9.17, 15) is 0 Å². The molecule has 0 atom stereocenters. The molecule has 3 aromatic rings. The Morgan fingerprint density at radius 2 is 1.74 bits per heavy atom. The van der Waals surface area contributed by atoms with E-state index in [1.807, 2.05) is 12.1 Å². The highest BCUT2D eigenvalue weighted by atomic mass is 16.5. The first-order valence-electron chi connectivity index (χ1n) is 7.95. The second-order valence-corrected chi connectivity index (χ2v) is 5.85. The number of benzene rings is 1. The zero-order valence-corrected chi connectivity index (χ0v) is 13.4. The molecule has 0 spiro atoms. The van der Waals surface area contributed by atoms with E-state index in [1.165, 1.54) is 19.3 Å². The third-order valence-electron chi connectivity index (χ3n) is 4.52. The van der Waals surface area contributed by atoms with Crippen molar-refractivity contribution in [2.75, 3.05) is 32.2 Å². The molecule has 2 aromatic heterocycles. The van der Waals surface area contributed by atoms with E-state index in [2.05, 4.69) is 19.9 Å². The number of hydrogen-bond donors (Lipinski definition) is 1. The number of aromatic amines is 1. The van der Waals surface area contributed by atoms with E-state index in [0.29, 0.717) is 11.5 Å². The lowest BCUT2D eigenvalue weighted by molar-refractivity contribution is 0.356. The molecule has 6 nitrogen and oxygen atoms in total. The van der Waals surface area contributed by atoms with Crippen LogP contribution in [-0.2, 0) is 0 Å². The van der Waals surface area contributed by atoms with Gasteiger partial charge in [0.2, 0.25) is 0 Å². The Hall–Kier alpha value is -2.50. The number of ether oxygens (including phenoxy) is 2.